The van der Waals surface area contributed by atoms with E-state index in [-0.39, 0.29) is 23.7 Å². The normalized spacial score (nSPS) is 40.9. The molecule has 4 nitrogen and oxygen atoms in total. The number of fused-ring (bicyclic) bond motifs is 3. The van der Waals surface area contributed by atoms with E-state index < -0.39 is 0 Å². The first kappa shape index (κ1) is 9.49. The highest BCUT2D eigenvalue weighted by Crippen LogP contribution is 2.48. The van der Waals surface area contributed by atoms with E-state index >= 15 is 0 Å². The van der Waals surface area contributed by atoms with Crippen molar-refractivity contribution >= 4 is 11.8 Å². The lowest BCUT2D eigenvalue weighted by Gasteiger charge is -2.45. The number of amides is 2. The van der Waals surface area contributed by atoms with Crippen LogP contribution in [0.25, 0.3) is 0 Å². The molecule has 2 amide bonds. The Hall–Kier alpha value is -1.06. The number of nitrogens with two attached hydrogens (primary N) is 2. The van der Waals surface area contributed by atoms with Crippen molar-refractivity contribution in [3.8, 4) is 0 Å². The SMILES string of the molecule is NC(=O)C1C2CCC(CC2)C1C(N)=O. The van der Waals surface area contributed by atoms with Crippen molar-refractivity contribution in [2.24, 2.45) is 35.1 Å². The zero-order chi connectivity index (χ0) is 10.3. The number of carbonyl (C=O) groups is 2. The monoisotopic (exact) mass is 196 g/mol. The largest absolute Gasteiger partial charge is 0.369 e. The van der Waals surface area contributed by atoms with Crippen LogP contribution in [-0.2, 0) is 9.59 Å². The third-order valence-corrected chi connectivity index (χ3v) is 3.88. The van der Waals surface area contributed by atoms with E-state index in [1.165, 1.54) is 0 Å². The third-order valence-electron chi connectivity index (χ3n) is 3.88. The van der Waals surface area contributed by atoms with Gasteiger partial charge in [0.2, 0.25) is 11.8 Å². The molecule has 0 saturated heterocycles. The quantitative estimate of drug-likeness (QED) is 0.651. The van der Waals surface area contributed by atoms with Crippen LogP contribution in [-0.4, -0.2) is 11.8 Å². The molecule has 3 fully saturated rings. The lowest BCUT2D eigenvalue weighted by atomic mass is 9.58. The lowest BCUT2D eigenvalue weighted by molar-refractivity contribution is -0.142. The summed E-state index contributed by atoms with van der Waals surface area (Å²) in [6.45, 7) is 0. The Labute approximate surface area is 83.0 Å². The average molecular weight is 196 g/mol. The van der Waals surface area contributed by atoms with Gasteiger partial charge in [-0.1, -0.05) is 0 Å². The number of rotatable bonds is 2. The minimum atomic E-state index is -0.344. The predicted octanol–water partition coefficient (Wildman–Crippen LogP) is 0.00940. The molecule has 0 radical (unpaired) electrons. The van der Waals surface area contributed by atoms with Gasteiger partial charge < -0.3 is 11.5 Å². The topological polar surface area (TPSA) is 86.2 Å². The summed E-state index contributed by atoms with van der Waals surface area (Å²) in [7, 11) is 0. The Morgan fingerprint density at radius 3 is 1.29 bits per heavy atom. The third kappa shape index (κ3) is 1.29. The van der Waals surface area contributed by atoms with Gasteiger partial charge in [-0.3, -0.25) is 9.59 Å². The molecule has 0 aliphatic heterocycles. The average Bonchev–Trinajstić information content (AvgIpc) is 2.17. The number of hydrogen-bond donors (Lipinski definition) is 2. The molecule has 0 aromatic rings. The second-order valence-electron chi connectivity index (χ2n) is 4.53. The zero-order valence-corrected chi connectivity index (χ0v) is 8.11. The number of primary amides is 2. The minimum Gasteiger partial charge on any atom is -0.369 e. The molecule has 3 rings (SSSR count). The maximum absolute atomic E-state index is 11.3. The first-order valence-corrected chi connectivity index (χ1v) is 5.20. The molecular weight excluding hydrogens is 180 g/mol. The van der Waals surface area contributed by atoms with Crippen molar-refractivity contribution in [3.05, 3.63) is 0 Å². The fourth-order valence-corrected chi connectivity index (χ4v) is 3.27. The maximum atomic E-state index is 11.3. The molecule has 3 aliphatic carbocycles. The van der Waals surface area contributed by atoms with Crippen molar-refractivity contribution in [2.45, 2.75) is 25.7 Å². The fourth-order valence-electron chi connectivity index (χ4n) is 3.27. The molecule has 2 unspecified atom stereocenters. The zero-order valence-electron chi connectivity index (χ0n) is 8.11. The summed E-state index contributed by atoms with van der Waals surface area (Å²) in [5, 5.41) is 0. The molecular formula is C10H16N2O2. The standard InChI is InChI=1S/C10H16N2O2/c11-9(13)7-5-1-2-6(4-3-5)8(7)10(12)14/h5-8H,1-4H2,(H2,11,13)(H2,12,14). The van der Waals surface area contributed by atoms with Gasteiger partial charge in [0.1, 0.15) is 0 Å². The van der Waals surface area contributed by atoms with E-state index in [9.17, 15) is 9.59 Å². The van der Waals surface area contributed by atoms with Crippen molar-refractivity contribution in [3.63, 3.8) is 0 Å². The van der Waals surface area contributed by atoms with E-state index in [4.69, 9.17) is 11.5 Å². The molecule has 78 valence electrons. The Morgan fingerprint density at radius 1 is 0.786 bits per heavy atom. The van der Waals surface area contributed by atoms with Crippen molar-refractivity contribution < 1.29 is 9.59 Å². The molecule has 4 N–H and O–H groups in total. The highest BCUT2D eigenvalue weighted by Gasteiger charge is 2.48. The van der Waals surface area contributed by atoms with E-state index in [2.05, 4.69) is 0 Å². The Bertz CT molecular complexity index is 241. The second-order valence-corrected chi connectivity index (χ2v) is 4.53. The van der Waals surface area contributed by atoms with E-state index in [0.29, 0.717) is 11.8 Å². The van der Waals surface area contributed by atoms with Gasteiger partial charge in [0, 0.05) is 0 Å². The first-order valence-electron chi connectivity index (χ1n) is 5.20. The molecule has 0 aromatic carbocycles. The van der Waals surface area contributed by atoms with E-state index in [0.717, 1.165) is 25.7 Å². The fraction of sp³-hybridized carbons (Fsp3) is 0.800. The van der Waals surface area contributed by atoms with Crippen molar-refractivity contribution in [2.75, 3.05) is 0 Å². The van der Waals surface area contributed by atoms with Gasteiger partial charge in [0.15, 0.2) is 0 Å². The van der Waals surface area contributed by atoms with Gasteiger partial charge in [0.05, 0.1) is 11.8 Å². The smallest absolute Gasteiger partial charge is 0.221 e. The molecule has 14 heavy (non-hydrogen) atoms. The molecule has 2 atom stereocenters. The molecule has 0 spiro atoms. The summed E-state index contributed by atoms with van der Waals surface area (Å²) in [6, 6.07) is 0. The second kappa shape index (κ2) is 3.26. The molecule has 3 aliphatic rings. The van der Waals surface area contributed by atoms with Crippen LogP contribution in [0.3, 0.4) is 0 Å². The summed E-state index contributed by atoms with van der Waals surface area (Å²) in [4.78, 5) is 22.5. The first-order chi connectivity index (χ1) is 6.61. The number of carbonyl (C=O) groups excluding carboxylic acids is 2. The van der Waals surface area contributed by atoms with E-state index in [1.807, 2.05) is 0 Å². The Balaban J connectivity index is 2.27. The maximum Gasteiger partial charge on any atom is 0.221 e. The predicted molar refractivity (Wildman–Crippen MR) is 50.8 cm³/mol. The van der Waals surface area contributed by atoms with Gasteiger partial charge in [-0.15, -0.1) is 0 Å². The van der Waals surface area contributed by atoms with Gasteiger partial charge in [-0.25, -0.2) is 0 Å². The summed E-state index contributed by atoms with van der Waals surface area (Å²) in [6.07, 6.45) is 4.12. The van der Waals surface area contributed by atoms with Gasteiger partial charge in [-0.05, 0) is 37.5 Å². The molecule has 3 saturated carbocycles. The Kier molecular flexibility index (Phi) is 2.21. The van der Waals surface area contributed by atoms with Crippen LogP contribution < -0.4 is 11.5 Å². The summed E-state index contributed by atoms with van der Waals surface area (Å²) >= 11 is 0. The van der Waals surface area contributed by atoms with E-state index in [1.54, 1.807) is 0 Å². The van der Waals surface area contributed by atoms with Gasteiger partial charge in [-0.2, -0.15) is 0 Å². The molecule has 0 aromatic heterocycles. The van der Waals surface area contributed by atoms with Crippen LogP contribution in [0.2, 0.25) is 0 Å². The van der Waals surface area contributed by atoms with Crippen LogP contribution in [0.15, 0.2) is 0 Å². The Morgan fingerprint density at radius 2 is 1.07 bits per heavy atom. The van der Waals surface area contributed by atoms with Crippen LogP contribution in [0.4, 0.5) is 0 Å². The highest BCUT2D eigenvalue weighted by molar-refractivity contribution is 5.87. The van der Waals surface area contributed by atoms with Crippen molar-refractivity contribution in [1.82, 2.24) is 0 Å². The minimum absolute atomic E-state index is 0.292. The van der Waals surface area contributed by atoms with Crippen LogP contribution >= 0.6 is 0 Å². The van der Waals surface area contributed by atoms with Gasteiger partial charge >= 0.3 is 0 Å². The van der Waals surface area contributed by atoms with Crippen LogP contribution in [0, 0.1) is 23.7 Å². The van der Waals surface area contributed by atoms with Crippen LogP contribution in [0.1, 0.15) is 25.7 Å². The van der Waals surface area contributed by atoms with Crippen molar-refractivity contribution in [1.29, 1.82) is 0 Å². The summed E-state index contributed by atoms with van der Waals surface area (Å²) in [5.41, 5.74) is 10.7. The summed E-state index contributed by atoms with van der Waals surface area (Å²) in [5.74, 6) is -0.670. The molecule has 4 heteroatoms. The highest BCUT2D eigenvalue weighted by atomic mass is 16.2. The van der Waals surface area contributed by atoms with Gasteiger partial charge in [0.25, 0.3) is 0 Å². The molecule has 0 heterocycles. The summed E-state index contributed by atoms with van der Waals surface area (Å²) < 4.78 is 0. The lowest BCUT2D eigenvalue weighted by Crippen LogP contribution is -2.51. The number of hydrogen-bond acceptors (Lipinski definition) is 2. The molecule has 2 bridgehead atoms. The van der Waals surface area contributed by atoms with Crippen LogP contribution in [0.5, 0.6) is 0 Å².